The zero-order chi connectivity index (χ0) is 15.2. The van der Waals surface area contributed by atoms with Crippen molar-refractivity contribution < 1.29 is 0 Å². The molecule has 2 aromatic carbocycles. The number of halogens is 1. The first kappa shape index (κ1) is 14.4. The van der Waals surface area contributed by atoms with Gasteiger partial charge in [-0.3, -0.25) is 5.43 Å². The van der Waals surface area contributed by atoms with Gasteiger partial charge in [-0.15, -0.1) is 0 Å². The molecule has 0 amide bonds. The Kier molecular flexibility index (Phi) is 4.56. The summed E-state index contributed by atoms with van der Waals surface area (Å²) in [7, 11) is 0. The van der Waals surface area contributed by atoms with E-state index in [1.807, 2.05) is 54.6 Å². The van der Waals surface area contributed by atoms with E-state index < -0.39 is 0 Å². The molecule has 0 aliphatic heterocycles. The first-order chi connectivity index (χ1) is 10.8. The smallest absolute Gasteiger partial charge is 0.180 e. The molecule has 0 radical (unpaired) electrons. The van der Waals surface area contributed by atoms with Crippen LogP contribution in [0, 0.1) is 0 Å². The van der Waals surface area contributed by atoms with Crippen LogP contribution in [0.2, 0.25) is 0 Å². The number of benzene rings is 2. The number of nitrogens with one attached hydrogen (secondary N) is 1. The normalized spacial score (nSPS) is 11.2. The van der Waals surface area contributed by atoms with Crippen LogP contribution in [0.5, 0.6) is 0 Å². The first-order valence-corrected chi connectivity index (χ1v) is 7.54. The van der Waals surface area contributed by atoms with Gasteiger partial charge >= 0.3 is 0 Å². The van der Waals surface area contributed by atoms with E-state index in [1.165, 1.54) is 0 Å². The summed E-state index contributed by atoms with van der Waals surface area (Å²) >= 11 is 3.42. The van der Waals surface area contributed by atoms with Gasteiger partial charge in [0.2, 0.25) is 0 Å². The second kappa shape index (κ2) is 6.95. The van der Waals surface area contributed by atoms with Gasteiger partial charge in [-0.1, -0.05) is 46.3 Å². The lowest BCUT2D eigenvalue weighted by Crippen LogP contribution is -2.10. The summed E-state index contributed by atoms with van der Waals surface area (Å²) in [4.78, 5) is 8.58. The Hall–Kier alpha value is -2.53. The SMILES string of the molecule is Brc1ccc(N/N=C(/c2ccccc2)c2ncccn2)cc1. The van der Waals surface area contributed by atoms with Crippen LogP contribution in [0.3, 0.4) is 0 Å². The second-order valence-electron chi connectivity index (χ2n) is 4.52. The van der Waals surface area contributed by atoms with E-state index in [0.717, 1.165) is 15.7 Å². The Morgan fingerprint density at radius 2 is 1.55 bits per heavy atom. The quantitative estimate of drug-likeness (QED) is 0.567. The Labute approximate surface area is 137 Å². The highest BCUT2D eigenvalue weighted by molar-refractivity contribution is 9.10. The van der Waals surface area contributed by atoms with Crippen molar-refractivity contribution in [2.45, 2.75) is 0 Å². The summed E-state index contributed by atoms with van der Waals surface area (Å²) in [5.41, 5.74) is 5.61. The van der Waals surface area contributed by atoms with E-state index in [9.17, 15) is 0 Å². The highest BCUT2D eigenvalue weighted by atomic mass is 79.9. The van der Waals surface area contributed by atoms with Gasteiger partial charge in [0, 0.05) is 22.4 Å². The van der Waals surface area contributed by atoms with Crippen LogP contribution >= 0.6 is 15.9 Å². The molecule has 3 aromatic rings. The average molecular weight is 353 g/mol. The van der Waals surface area contributed by atoms with Gasteiger partial charge in [0.05, 0.1) is 5.69 Å². The number of hydrogen-bond acceptors (Lipinski definition) is 4. The van der Waals surface area contributed by atoms with Gasteiger partial charge in [-0.05, 0) is 30.3 Å². The topological polar surface area (TPSA) is 50.2 Å². The number of aromatic nitrogens is 2. The van der Waals surface area contributed by atoms with Crippen molar-refractivity contribution >= 4 is 27.3 Å². The Morgan fingerprint density at radius 1 is 0.864 bits per heavy atom. The van der Waals surface area contributed by atoms with Crippen molar-refractivity contribution in [3.63, 3.8) is 0 Å². The molecule has 22 heavy (non-hydrogen) atoms. The molecule has 0 saturated heterocycles. The molecule has 3 rings (SSSR count). The number of hydrazone groups is 1. The van der Waals surface area contributed by atoms with Crippen molar-refractivity contribution in [2.24, 2.45) is 5.10 Å². The van der Waals surface area contributed by atoms with Crippen LogP contribution in [-0.2, 0) is 0 Å². The van der Waals surface area contributed by atoms with Gasteiger partial charge in [-0.25, -0.2) is 9.97 Å². The number of rotatable bonds is 4. The molecule has 1 aromatic heterocycles. The molecule has 0 spiro atoms. The highest BCUT2D eigenvalue weighted by Gasteiger charge is 2.09. The average Bonchev–Trinajstić information content (AvgIpc) is 2.59. The number of nitrogens with zero attached hydrogens (tertiary/aromatic N) is 3. The molecular formula is C17H13BrN4. The van der Waals surface area contributed by atoms with Gasteiger partial charge < -0.3 is 0 Å². The predicted octanol–water partition coefficient (Wildman–Crippen LogP) is 4.10. The maximum atomic E-state index is 4.49. The van der Waals surface area contributed by atoms with E-state index >= 15 is 0 Å². The fourth-order valence-electron chi connectivity index (χ4n) is 1.91. The van der Waals surface area contributed by atoms with Crippen LogP contribution in [0.15, 0.2) is 82.6 Å². The molecule has 1 heterocycles. The molecule has 1 N–H and O–H groups in total. The molecule has 0 saturated carbocycles. The van der Waals surface area contributed by atoms with Gasteiger partial charge in [0.1, 0.15) is 5.71 Å². The minimum absolute atomic E-state index is 0.582. The summed E-state index contributed by atoms with van der Waals surface area (Å²) in [6.07, 6.45) is 3.42. The third-order valence-corrected chi connectivity index (χ3v) is 3.49. The van der Waals surface area contributed by atoms with Crippen molar-refractivity contribution in [1.29, 1.82) is 0 Å². The molecule has 0 fully saturated rings. The first-order valence-electron chi connectivity index (χ1n) is 6.75. The van der Waals surface area contributed by atoms with Crippen LogP contribution in [0.25, 0.3) is 0 Å². The maximum Gasteiger partial charge on any atom is 0.180 e. The van der Waals surface area contributed by atoms with E-state index in [1.54, 1.807) is 18.5 Å². The van der Waals surface area contributed by atoms with Crippen molar-refractivity contribution in [3.8, 4) is 0 Å². The summed E-state index contributed by atoms with van der Waals surface area (Å²) in [6.45, 7) is 0. The Bertz CT molecular complexity index is 714. The third-order valence-electron chi connectivity index (χ3n) is 2.97. The van der Waals surface area contributed by atoms with Crippen molar-refractivity contribution in [3.05, 3.63) is 88.9 Å². The van der Waals surface area contributed by atoms with E-state index in [2.05, 4.69) is 36.4 Å². The van der Waals surface area contributed by atoms with Gasteiger partial charge in [0.15, 0.2) is 5.82 Å². The molecular weight excluding hydrogens is 340 g/mol. The summed E-state index contributed by atoms with van der Waals surface area (Å²) in [5.74, 6) is 0.582. The summed E-state index contributed by atoms with van der Waals surface area (Å²) < 4.78 is 1.02. The molecule has 5 heteroatoms. The summed E-state index contributed by atoms with van der Waals surface area (Å²) in [5, 5.41) is 4.49. The van der Waals surface area contributed by atoms with E-state index in [0.29, 0.717) is 11.5 Å². The fraction of sp³-hybridized carbons (Fsp3) is 0. The van der Waals surface area contributed by atoms with Crippen LogP contribution in [0.1, 0.15) is 11.4 Å². The largest absolute Gasteiger partial charge is 0.278 e. The molecule has 0 atom stereocenters. The minimum Gasteiger partial charge on any atom is -0.278 e. The lowest BCUT2D eigenvalue weighted by molar-refractivity contribution is 1.12. The Balaban J connectivity index is 1.95. The lowest BCUT2D eigenvalue weighted by atomic mass is 10.1. The van der Waals surface area contributed by atoms with E-state index in [-0.39, 0.29) is 0 Å². The molecule has 0 unspecified atom stereocenters. The zero-order valence-electron chi connectivity index (χ0n) is 11.6. The number of anilines is 1. The minimum atomic E-state index is 0.582. The molecule has 108 valence electrons. The van der Waals surface area contributed by atoms with Crippen molar-refractivity contribution in [2.75, 3.05) is 5.43 Å². The number of hydrogen-bond donors (Lipinski definition) is 1. The molecule has 0 bridgehead atoms. The second-order valence-corrected chi connectivity index (χ2v) is 5.43. The van der Waals surface area contributed by atoms with Crippen LogP contribution in [0.4, 0.5) is 5.69 Å². The fourth-order valence-corrected chi connectivity index (χ4v) is 2.17. The highest BCUT2D eigenvalue weighted by Crippen LogP contribution is 2.15. The maximum absolute atomic E-state index is 4.49. The predicted molar refractivity (Wildman–Crippen MR) is 91.9 cm³/mol. The third kappa shape index (κ3) is 3.56. The zero-order valence-corrected chi connectivity index (χ0v) is 13.2. The monoisotopic (exact) mass is 352 g/mol. The standard InChI is InChI=1S/C17H13BrN4/c18-14-7-9-15(10-8-14)21-22-16(13-5-2-1-3-6-13)17-19-11-4-12-20-17/h1-12,21H/b22-16-. The van der Waals surface area contributed by atoms with Crippen molar-refractivity contribution in [1.82, 2.24) is 9.97 Å². The molecule has 0 aliphatic carbocycles. The molecule has 0 aliphatic rings. The lowest BCUT2D eigenvalue weighted by Gasteiger charge is -2.07. The summed E-state index contributed by atoms with van der Waals surface area (Å²) in [6, 6.07) is 19.5. The van der Waals surface area contributed by atoms with Gasteiger partial charge in [0.25, 0.3) is 0 Å². The van der Waals surface area contributed by atoms with Crippen LogP contribution in [-0.4, -0.2) is 15.7 Å². The molecule has 4 nitrogen and oxygen atoms in total. The van der Waals surface area contributed by atoms with E-state index in [4.69, 9.17) is 0 Å². The van der Waals surface area contributed by atoms with Gasteiger partial charge in [-0.2, -0.15) is 5.10 Å². The Morgan fingerprint density at radius 3 is 2.23 bits per heavy atom. The van der Waals surface area contributed by atoms with Crippen LogP contribution < -0.4 is 5.43 Å².